The van der Waals surface area contributed by atoms with Crippen LogP contribution in [0.2, 0.25) is 0 Å². The van der Waals surface area contributed by atoms with Crippen LogP contribution in [-0.2, 0) is 13.1 Å². The summed E-state index contributed by atoms with van der Waals surface area (Å²) in [5, 5.41) is 12.3. The van der Waals surface area contributed by atoms with E-state index in [1.54, 1.807) is 18.2 Å². The van der Waals surface area contributed by atoms with Crippen LogP contribution in [0.1, 0.15) is 28.4 Å². The molecule has 21 heavy (non-hydrogen) atoms. The highest BCUT2D eigenvalue weighted by molar-refractivity contribution is 5.87. The van der Waals surface area contributed by atoms with E-state index in [1.807, 2.05) is 37.3 Å². The molecule has 4 heteroatoms. The molecule has 0 amide bonds. The molecule has 0 heterocycles. The summed E-state index contributed by atoms with van der Waals surface area (Å²) in [4.78, 5) is 10.9. The Balaban J connectivity index is 1.86. The van der Waals surface area contributed by atoms with Gasteiger partial charge in [-0.1, -0.05) is 24.3 Å². The van der Waals surface area contributed by atoms with Crippen molar-refractivity contribution in [2.24, 2.45) is 0 Å². The number of nitrogens with one attached hydrogen (secondary N) is 1. The van der Waals surface area contributed by atoms with Crippen molar-refractivity contribution in [3.63, 3.8) is 0 Å². The summed E-state index contributed by atoms with van der Waals surface area (Å²) in [6, 6.07) is 14.9. The van der Waals surface area contributed by atoms with Crippen LogP contribution in [0.3, 0.4) is 0 Å². The molecule has 4 nitrogen and oxygen atoms in total. The van der Waals surface area contributed by atoms with E-state index in [1.165, 1.54) is 0 Å². The molecule has 0 fully saturated rings. The van der Waals surface area contributed by atoms with E-state index in [4.69, 9.17) is 9.84 Å². The van der Waals surface area contributed by atoms with Gasteiger partial charge in [-0.25, -0.2) is 4.79 Å². The molecule has 2 rings (SSSR count). The minimum absolute atomic E-state index is 0.315. The van der Waals surface area contributed by atoms with Crippen LogP contribution in [0.25, 0.3) is 0 Å². The molecule has 110 valence electrons. The van der Waals surface area contributed by atoms with Crippen LogP contribution in [-0.4, -0.2) is 17.7 Å². The fraction of sp³-hybridized carbons (Fsp3) is 0.235. The van der Waals surface area contributed by atoms with Crippen LogP contribution >= 0.6 is 0 Å². The number of carboxylic acid groups (broad SMARTS) is 1. The molecule has 2 N–H and O–H groups in total. The number of rotatable bonds is 7. The lowest BCUT2D eigenvalue weighted by Crippen LogP contribution is -2.13. The van der Waals surface area contributed by atoms with Gasteiger partial charge in [-0.05, 0) is 42.3 Å². The predicted molar refractivity (Wildman–Crippen MR) is 81.6 cm³/mol. The van der Waals surface area contributed by atoms with E-state index in [0.29, 0.717) is 18.7 Å². The lowest BCUT2D eigenvalue weighted by Gasteiger charge is -2.07. The number of ether oxygens (including phenoxy) is 1. The third-order valence-corrected chi connectivity index (χ3v) is 3.07. The summed E-state index contributed by atoms with van der Waals surface area (Å²) >= 11 is 0. The van der Waals surface area contributed by atoms with Gasteiger partial charge in [0.1, 0.15) is 5.75 Å². The van der Waals surface area contributed by atoms with Crippen LogP contribution < -0.4 is 10.1 Å². The lowest BCUT2D eigenvalue weighted by atomic mass is 10.1. The molecule has 0 atom stereocenters. The van der Waals surface area contributed by atoms with Crippen molar-refractivity contribution in [3.05, 3.63) is 65.2 Å². The number of aromatic carboxylic acids is 1. The zero-order valence-electron chi connectivity index (χ0n) is 12.0. The molecule has 2 aromatic carbocycles. The summed E-state index contributed by atoms with van der Waals surface area (Å²) in [5.41, 5.74) is 2.43. The molecule has 0 aliphatic carbocycles. The monoisotopic (exact) mass is 285 g/mol. The first-order chi connectivity index (χ1) is 10.2. The summed E-state index contributed by atoms with van der Waals surface area (Å²) in [5.74, 6) is -0.0289. The van der Waals surface area contributed by atoms with Gasteiger partial charge in [-0.3, -0.25) is 0 Å². The maximum atomic E-state index is 10.9. The Hall–Kier alpha value is -2.33. The highest BCUT2D eigenvalue weighted by atomic mass is 16.5. The van der Waals surface area contributed by atoms with Gasteiger partial charge in [0, 0.05) is 13.1 Å². The van der Waals surface area contributed by atoms with E-state index in [9.17, 15) is 4.79 Å². The minimum Gasteiger partial charge on any atom is -0.494 e. The first-order valence-electron chi connectivity index (χ1n) is 6.93. The Morgan fingerprint density at radius 1 is 1.10 bits per heavy atom. The van der Waals surface area contributed by atoms with Crippen molar-refractivity contribution in [2.45, 2.75) is 20.0 Å². The first kappa shape index (κ1) is 15.1. The van der Waals surface area contributed by atoms with E-state index in [0.717, 1.165) is 23.4 Å². The zero-order valence-corrected chi connectivity index (χ0v) is 12.0. The van der Waals surface area contributed by atoms with Gasteiger partial charge in [-0.2, -0.15) is 0 Å². The van der Waals surface area contributed by atoms with Crippen LogP contribution in [0, 0.1) is 0 Å². The van der Waals surface area contributed by atoms with Gasteiger partial charge in [0.15, 0.2) is 0 Å². The summed E-state index contributed by atoms with van der Waals surface area (Å²) in [6.07, 6.45) is 0. The second-order valence-corrected chi connectivity index (χ2v) is 4.69. The summed E-state index contributed by atoms with van der Waals surface area (Å²) in [6.45, 7) is 3.98. The average Bonchev–Trinajstić information content (AvgIpc) is 2.50. The SMILES string of the molecule is CCOc1ccc(CNCc2cccc(C(=O)O)c2)cc1. The number of hydrogen-bond acceptors (Lipinski definition) is 3. The Bertz CT molecular complexity index is 593. The van der Waals surface area contributed by atoms with Crippen LogP contribution in [0.4, 0.5) is 0 Å². The largest absolute Gasteiger partial charge is 0.494 e. The van der Waals surface area contributed by atoms with E-state index in [2.05, 4.69) is 5.32 Å². The van der Waals surface area contributed by atoms with Crippen molar-refractivity contribution in [1.29, 1.82) is 0 Å². The lowest BCUT2D eigenvalue weighted by molar-refractivity contribution is 0.0696. The van der Waals surface area contributed by atoms with Gasteiger partial charge in [0.25, 0.3) is 0 Å². The van der Waals surface area contributed by atoms with Crippen molar-refractivity contribution in [3.8, 4) is 5.75 Å². The fourth-order valence-electron chi connectivity index (χ4n) is 2.04. The molecule has 0 radical (unpaired) electrons. The number of carboxylic acids is 1. The smallest absolute Gasteiger partial charge is 0.335 e. The highest BCUT2D eigenvalue weighted by Gasteiger charge is 2.03. The summed E-state index contributed by atoms with van der Waals surface area (Å²) < 4.78 is 5.39. The fourth-order valence-corrected chi connectivity index (χ4v) is 2.04. The van der Waals surface area contributed by atoms with Crippen molar-refractivity contribution in [2.75, 3.05) is 6.61 Å². The highest BCUT2D eigenvalue weighted by Crippen LogP contribution is 2.12. The first-order valence-corrected chi connectivity index (χ1v) is 6.93. The van der Waals surface area contributed by atoms with Gasteiger partial charge in [0.05, 0.1) is 12.2 Å². The van der Waals surface area contributed by atoms with E-state index < -0.39 is 5.97 Å². The molecular weight excluding hydrogens is 266 g/mol. The molecule has 0 bridgehead atoms. The molecule has 0 unspecified atom stereocenters. The van der Waals surface area contributed by atoms with Crippen molar-refractivity contribution < 1.29 is 14.6 Å². The van der Waals surface area contributed by atoms with Gasteiger partial charge in [0.2, 0.25) is 0 Å². The molecule has 0 saturated carbocycles. The predicted octanol–water partition coefficient (Wildman–Crippen LogP) is 3.07. The quantitative estimate of drug-likeness (QED) is 0.821. The summed E-state index contributed by atoms with van der Waals surface area (Å²) in [7, 11) is 0. The standard InChI is InChI=1S/C17H19NO3/c1-2-21-16-8-6-13(7-9-16)11-18-12-14-4-3-5-15(10-14)17(19)20/h3-10,18H,2,11-12H2,1H3,(H,19,20). The molecule has 0 aliphatic rings. The maximum absolute atomic E-state index is 10.9. The van der Waals surface area contributed by atoms with Crippen LogP contribution in [0.5, 0.6) is 5.75 Å². The number of hydrogen-bond donors (Lipinski definition) is 2. The third kappa shape index (κ3) is 4.61. The molecule has 0 aromatic heterocycles. The number of benzene rings is 2. The molecule has 0 saturated heterocycles. The van der Waals surface area contributed by atoms with Crippen molar-refractivity contribution >= 4 is 5.97 Å². The maximum Gasteiger partial charge on any atom is 0.335 e. The Morgan fingerprint density at radius 3 is 2.48 bits per heavy atom. The Labute approximate surface area is 124 Å². The normalized spacial score (nSPS) is 10.3. The van der Waals surface area contributed by atoms with Crippen LogP contribution in [0.15, 0.2) is 48.5 Å². The minimum atomic E-state index is -0.900. The molecule has 0 aliphatic heterocycles. The number of carbonyl (C=O) groups is 1. The second-order valence-electron chi connectivity index (χ2n) is 4.69. The molecule has 2 aromatic rings. The van der Waals surface area contributed by atoms with E-state index in [-0.39, 0.29) is 0 Å². The molecular formula is C17H19NO3. The second kappa shape index (κ2) is 7.45. The van der Waals surface area contributed by atoms with Crippen molar-refractivity contribution in [1.82, 2.24) is 5.32 Å². The Kier molecular flexibility index (Phi) is 5.35. The van der Waals surface area contributed by atoms with E-state index >= 15 is 0 Å². The van der Waals surface area contributed by atoms with Gasteiger partial charge >= 0.3 is 5.97 Å². The third-order valence-electron chi connectivity index (χ3n) is 3.07. The topological polar surface area (TPSA) is 58.6 Å². The van der Waals surface area contributed by atoms with Gasteiger partial charge < -0.3 is 15.2 Å². The zero-order chi connectivity index (χ0) is 15.1. The average molecular weight is 285 g/mol. The molecule has 0 spiro atoms. The Morgan fingerprint density at radius 2 is 1.81 bits per heavy atom. The van der Waals surface area contributed by atoms with Gasteiger partial charge in [-0.15, -0.1) is 0 Å².